The van der Waals surface area contributed by atoms with Gasteiger partial charge in [0.05, 0.1) is 10.7 Å². The highest BCUT2D eigenvalue weighted by Gasteiger charge is 2.10. The van der Waals surface area contributed by atoms with Gasteiger partial charge in [-0.15, -0.1) is 0 Å². The summed E-state index contributed by atoms with van der Waals surface area (Å²) < 4.78 is 1.72. The van der Waals surface area contributed by atoms with Gasteiger partial charge in [-0.1, -0.05) is 36.4 Å². The summed E-state index contributed by atoms with van der Waals surface area (Å²) in [7, 11) is 0. The molecule has 0 bridgehead atoms. The second kappa shape index (κ2) is 8.73. The van der Waals surface area contributed by atoms with Gasteiger partial charge in [0.1, 0.15) is 11.4 Å². The number of aryl methyl sites for hydroxylation is 2. The van der Waals surface area contributed by atoms with Crippen molar-refractivity contribution in [3.8, 4) is 0 Å². The molecule has 2 heterocycles. The van der Waals surface area contributed by atoms with Crippen molar-refractivity contribution in [1.82, 2.24) is 19.6 Å². The Kier molecular flexibility index (Phi) is 5.87. The number of urea groups is 1. The average Bonchev–Trinajstić information content (AvgIpc) is 3.20. The van der Waals surface area contributed by atoms with Gasteiger partial charge in [-0.05, 0) is 61.4 Å². The van der Waals surface area contributed by atoms with Crippen LogP contribution in [0.4, 0.5) is 16.2 Å². The van der Waals surface area contributed by atoms with E-state index in [1.807, 2.05) is 43.3 Å². The molecule has 0 aliphatic rings. The zero-order valence-corrected chi connectivity index (χ0v) is 18.0. The van der Waals surface area contributed by atoms with Crippen LogP contribution in [0.25, 0.3) is 5.78 Å². The van der Waals surface area contributed by atoms with Gasteiger partial charge in [0.15, 0.2) is 0 Å². The van der Waals surface area contributed by atoms with Gasteiger partial charge in [0, 0.05) is 16.3 Å². The van der Waals surface area contributed by atoms with E-state index in [1.54, 1.807) is 28.4 Å². The number of hydrogen-bond donors (Lipinski definition) is 2. The Morgan fingerprint density at radius 3 is 2.67 bits per heavy atom. The normalized spacial score (nSPS) is 10.9. The zero-order valence-electron chi connectivity index (χ0n) is 16.4. The zero-order chi connectivity index (χ0) is 21.1. The largest absolute Gasteiger partial charge is 0.323 e. The van der Waals surface area contributed by atoms with Crippen LogP contribution in [0.3, 0.4) is 0 Å². The molecule has 2 aromatic heterocycles. The summed E-state index contributed by atoms with van der Waals surface area (Å²) in [6, 6.07) is 14.7. The number of nitrogens with zero attached hydrogens (tertiary/aromatic N) is 4. The van der Waals surface area contributed by atoms with Gasteiger partial charge in [-0.2, -0.15) is 14.6 Å². The Bertz CT molecular complexity index is 1210. The van der Waals surface area contributed by atoms with Crippen LogP contribution in [0, 0.1) is 6.92 Å². The molecule has 0 saturated heterocycles. The van der Waals surface area contributed by atoms with Crippen molar-refractivity contribution < 1.29 is 4.79 Å². The van der Waals surface area contributed by atoms with E-state index in [-0.39, 0.29) is 6.03 Å². The van der Waals surface area contributed by atoms with Crippen LogP contribution in [-0.4, -0.2) is 25.6 Å². The first-order chi connectivity index (χ1) is 14.5. The minimum atomic E-state index is -0.354. The van der Waals surface area contributed by atoms with Crippen LogP contribution < -0.4 is 10.6 Å². The van der Waals surface area contributed by atoms with E-state index in [9.17, 15) is 4.79 Å². The van der Waals surface area contributed by atoms with E-state index in [0.717, 1.165) is 27.6 Å². The molecule has 9 heteroatoms. The molecule has 30 heavy (non-hydrogen) atoms. The molecule has 0 aliphatic carbocycles. The number of anilines is 2. The van der Waals surface area contributed by atoms with Gasteiger partial charge in [-0.25, -0.2) is 9.78 Å². The third kappa shape index (κ3) is 4.55. The molecule has 0 spiro atoms. The highest BCUT2D eigenvalue weighted by molar-refractivity contribution is 7.99. The molecule has 2 aromatic carbocycles. The summed E-state index contributed by atoms with van der Waals surface area (Å²) in [5, 5.41) is 11.2. The molecule has 0 unspecified atom stereocenters. The van der Waals surface area contributed by atoms with Gasteiger partial charge in [0.25, 0.3) is 5.78 Å². The summed E-state index contributed by atoms with van der Waals surface area (Å²) >= 11 is 7.73. The molecular formula is C21H19ClN6OS. The van der Waals surface area contributed by atoms with Crippen molar-refractivity contribution >= 4 is 46.5 Å². The van der Waals surface area contributed by atoms with Crippen LogP contribution in [0.1, 0.15) is 18.2 Å². The number of carbonyl (C=O) groups is 1. The fourth-order valence-electron chi connectivity index (χ4n) is 2.82. The number of carbonyl (C=O) groups excluding carboxylic acids is 1. The summed E-state index contributed by atoms with van der Waals surface area (Å²) in [5.74, 6) is 0.585. The second-order valence-electron chi connectivity index (χ2n) is 6.60. The van der Waals surface area contributed by atoms with Crippen molar-refractivity contribution in [3.05, 3.63) is 71.1 Å². The number of rotatable bonds is 5. The summed E-state index contributed by atoms with van der Waals surface area (Å²) in [5.41, 5.74) is 3.23. The summed E-state index contributed by atoms with van der Waals surface area (Å²) in [6.07, 6.45) is 2.32. The van der Waals surface area contributed by atoms with E-state index in [2.05, 4.69) is 32.6 Å². The summed E-state index contributed by atoms with van der Waals surface area (Å²) in [4.78, 5) is 21.9. The van der Waals surface area contributed by atoms with Crippen molar-refractivity contribution in [1.29, 1.82) is 0 Å². The molecule has 2 N–H and O–H groups in total. The lowest BCUT2D eigenvalue weighted by molar-refractivity contribution is 0.262. The Labute approximate surface area is 182 Å². The average molecular weight is 439 g/mol. The van der Waals surface area contributed by atoms with Crippen molar-refractivity contribution in [2.45, 2.75) is 30.2 Å². The van der Waals surface area contributed by atoms with E-state index in [1.165, 1.54) is 6.33 Å². The molecule has 0 saturated carbocycles. The quantitative estimate of drug-likeness (QED) is 0.405. The van der Waals surface area contributed by atoms with Crippen LogP contribution >= 0.6 is 23.4 Å². The number of benzene rings is 2. The molecule has 2 amide bonds. The lowest BCUT2D eigenvalue weighted by Crippen LogP contribution is -2.19. The molecule has 0 fully saturated rings. The number of nitrogens with one attached hydrogen (secondary N) is 2. The van der Waals surface area contributed by atoms with E-state index >= 15 is 0 Å². The molecule has 152 valence electrons. The number of fused-ring (bicyclic) bond motifs is 1. The molecule has 4 aromatic rings. The first-order valence-electron chi connectivity index (χ1n) is 9.33. The lowest BCUT2D eigenvalue weighted by atomic mass is 10.2. The number of amides is 2. The Balaban J connectivity index is 1.44. The van der Waals surface area contributed by atoms with E-state index < -0.39 is 0 Å². The molecule has 0 aliphatic heterocycles. The summed E-state index contributed by atoms with van der Waals surface area (Å²) in [6.45, 7) is 4.00. The molecule has 7 nitrogen and oxygen atoms in total. The van der Waals surface area contributed by atoms with Crippen LogP contribution in [0.2, 0.25) is 5.02 Å². The number of aromatic nitrogens is 4. The van der Waals surface area contributed by atoms with Crippen molar-refractivity contribution in [3.63, 3.8) is 0 Å². The monoisotopic (exact) mass is 438 g/mol. The van der Waals surface area contributed by atoms with Crippen LogP contribution in [0.5, 0.6) is 0 Å². The number of halogens is 1. The third-order valence-electron chi connectivity index (χ3n) is 4.34. The highest BCUT2D eigenvalue weighted by Crippen LogP contribution is 2.29. The fraction of sp³-hybridized carbons (Fsp3) is 0.143. The molecule has 4 rings (SSSR count). The van der Waals surface area contributed by atoms with Crippen molar-refractivity contribution in [2.75, 3.05) is 10.6 Å². The predicted molar refractivity (Wildman–Crippen MR) is 120 cm³/mol. The first kappa shape index (κ1) is 20.2. The van der Waals surface area contributed by atoms with Gasteiger partial charge in [-0.3, -0.25) is 0 Å². The maximum Gasteiger partial charge on any atom is 0.323 e. The Morgan fingerprint density at radius 1 is 1.13 bits per heavy atom. The van der Waals surface area contributed by atoms with E-state index in [0.29, 0.717) is 22.2 Å². The van der Waals surface area contributed by atoms with E-state index in [4.69, 9.17) is 11.6 Å². The standard InChI is InChI=1S/C21H19ClN6OS/c1-3-14-11-19(28-20(25-14)23-12-24-28)30-16-7-5-15(6-8-16)26-21(29)27-18-9-4-13(2)10-17(18)22/h4-12H,3H2,1-2H3,(H2,26,27,29). The first-order valence-corrected chi connectivity index (χ1v) is 10.5. The Hall–Kier alpha value is -3.10. The molecule has 0 radical (unpaired) electrons. The molecular weight excluding hydrogens is 420 g/mol. The maximum atomic E-state index is 12.3. The smallest absolute Gasteiger partial charge is 0.308 e. The second-order valence-corrected chi connectivity index (χ2v) is 8.10. The number of hydrogen-bond acceptors (Lipinski definition) is 5. The minimum absolute atomic E-state index is 0.354. The lowest BCUT2D eigenvalue weighted by Gasteiger charge is -2.10. The molecule has 0 atom stereocenters. The maximum absolute atomic E-state index is 12.3. The van der Waals surface area contributed by atoms with Gasteiger partial charge in [0.2, 0.25) is 0 Å². The topological polar surface area (TPSA) is 84.2 Å². The SMILES string of the molecule is CCc1cc(Sc2ccc(NC(=O)Nc3ccc(C)cc3Cl)cc2)n2ncnc2n1. The van der Waals surface area contributed by atoms with Crippen LogP contribution in [0.15, 0.2) is 64.8 Å². The minimum Gasteiger partial charge on any atom is -0.308 e. The Morgan fingerprint density at radius 2 is 1.93 bits per heavy atom. The van der Waals surface area contributed by atoms with Gasteiger partial charge < -0.3 is 10.6 Å². The van der Waals surface area contributed by atoms with Gasteiger partial charge >= 0.3 is 6.03 Å². The highest BCUT2D eigenvalue weighted by atomic mass is 35.5. The van der Waals surface area contributed by atoms with Crippen LogP contribution in [-0.2, 0) is 6.42 Å². The fourth-order valence-corrected chi connectivity index (χ4v) is 4.02. The van der Waals surface area contributed by atoms with Crippen molar-refractivity contribution in [2.24, 2.45) is 0 Å². The third-order valence-corrected chi connectivity index (χ3v) is 5.66. The predicted octanol–water partition coefficient (Wildman–Crippen LogP) is 5.44.